The zero-order chi connectivity index (χ0) is 15.1. The third kappa shape index (κ3) is 2.68. The van der Waals surface area contributed by atoms with E-state index in [1.807, 2.05) is 27.7 Å². The molecule has 0 radical (unpaired) electrons. The van der Waals surface area contributed by atoms with Crippen LogP contribution in [0.1, 0.15) is 33.6 Å². The molecule has 0 amide bonds. The first-order valence-electron chi connectivity index (χ1n) is 6.21. The van der Waals surface area contributed by atoms with Crippen LogP contribution in [0.3, 0.4) is 0 Å². The van der Waals surface area contributed by atoms with Crippen LogP contribution in [0.25, 0.3) is 11.4 Å². The van der Waals surface area contributed by atoms with Crippen LogP contribution in [-0.4, -0.2) is 15.7 Å². The summed E-state index contributed by atoms with van der Waals surface area (Å²) < 4.78 is 5.36. The highest BCUT2D eigenvalue weighted by atomic mass is 35.5. The largest absolute Gasteiger partial charge is 0.338 e. The number of rotatable bonds is 3. The van der Waals surface area contributed by atoms with Gasteiger partial charge in [0.25, 0.3) is 0 Å². The lowest BCUT2D eigenvalue weighted by atomic mass is 9.75. The molecule has 20 heavy (non-hydrogen) atoms. The smallest absolute Gasteiger partial charge is 0.234 e. The van der Waals surface area contributed by atoms with Crippen LogP contribution in [-0.2, 0) is 5.41 Å². The molecule has 6 heteroatoms. The summed E-state index contributed by atoms with van der Waals surface area (Å²) in [5.41, 5.74) is 5.98. The standard InChI is InChI=1S/C14H17Cl2N3O/c1-13(2,14(3,4)17)12-18-11(19-20-12)8-5-6-9(15)10(16)7-8/h5-7H,17H2,1-4H3. The second kappa shape index (κ2) is 5.02. The first kappa shape index (κ1) is 15.3. The topological polar surface area (TPSA) is 64.9 Å². The van der Waals surface area contributed by atoms with Gasteiger partial charge in [-0.3, -0.25) is 0 Å². The molecule has 0 aliphatic carbocycles. The SMILES string of the molecule is CC(C)(N)C(C)(C)c1nc(-c2ccc(Cl)c(Cl)c2)no1. The molecule has 108 valence electrons. The molecule has 2 N–H and O–H groups in total. The maximum Gasteiger partial charge on any atom is 0.234 e. The van der Waals surface area contributed by atoms with Gasteiger partial charge in [-0.05, 0) is 45.9 Å². The number of aromatic nitrogens is 2. The lowest BCUT2D eigenvalue weighted by Gasteiger charge is -2.34. The van der Waals surface area contributed by atoms with Crippen molar-refractivity contribution in [3.63, 3.8) is 0 Å². The van der Waals surface area contributed by atoms with Crippen LogP contribution in [0.4, 0.5) is 0 Å². The number of hydrogen-bond donors (Lipinski definition) is 1. The van der Waals surface area contributed by atoms with Crippen LogP contribution in [0.5, 0.6) is 0 Å². The Morgan fingerprint density at radius 3 is 2.30 bits per heavy atom. The van der Waals surface area contributed by atoms with Crippen LogP contribution < -0.4 is 5.73 Å². The van der Waals surface area contributed by atoms with Gasteiger partial charge < -0.3 is 10.3 Å². The Morgan fingerprint density at radius 1 is 1.10 bits per heavy atom. The highest BCUT2D eigenvalue weighted by molar-refractivity contribution is 6.42. The molecule has 0 aliphatic rings. The number of hydrogen-bond acceptors (Lipinski definition) is 4. The summed E-state index contributed by atoms with van der Waals surface area (Å²) in [6.07, 6.45) is 0. The number of halogens is 2. The number of benzene rings is 1. The minimum Gasteiger partial charge on any atom is -0.338 e. The average Bonchev–Trinajstić information content (AvgIpc) is 2.81. The second-order valence-electron chi connectivity index (χ2n) is 5.90. The van der Waals surface area contributed by atoms with E-state index in [4.69, 9.17) is 33.5 Å². The number of nitrogens with two attached hydrogens (primary N) is 1. The van der Waals surface area contributed by atoms with Gasteiger partial charge in [-0.1, -0.05) is 28.4 Å². The van der Waals surface area contributed by atoms with Crippen molar-refractivity contribution in [2.75, 3.05) is 0 Å². The zero-order valence-corrected chi connectivity index (χ0v) is 13.4. The van der Waals surface area contributed by atoms with E-state index in [1.54, 1.807) is 18.2 Å². The van der Waals surface area contributed by atoms with Crippen molar-refractivity contribution < 1.29 is 4.52 Å². The fourth-order valence-electron chi connectivity index (χ4n) is 1.51. The molecule has 2 aromatic rings. The summed E-state index contributed by atoms with van der Waals surface area (Å²) in [4.78, 5) is 4.43. The minimum atomic E-state index is -0.492. The van der Waals surface area contributed by atoms with Crippen molar-refractivity contribution in [1.29, 1.82) is 0 Å². The molecule has 0 atom stereocenters. The Balaban J connectivity index is 2.41. The Labute approximate surface area is 128 Å². The molecular weight excluding hydrogens is 297 g/mol. The third-order valence-corrected chi connectivity index (χ3v) is 4.49. The van der Waals surface area contributed by atoms with Crippen molar-refractivity contribution >= 4 is 23.2 Å². The zero-order valence-electron chi connectivity index (χ0n) is 11.9. The van der Waals surface area contributed by atoms with Crippen molar-refractivity contribution in [2.24, 2.45) is 5.73 Å². The molecule has 1 aromatic carbocycles. The lowest BCUT2D eigenvalue weighted by Crippen LogP contribution is -2.50. The lowest BCUT2D eigenvalue weighted by molar-refractivity contribution is 0.223. The van der Waals surface area contributed by atoms with E-state index in [9.17, 15) is 0 Å². The third-order valence-electron chi connectivity index (χ3n) is 3.75. The predicted octanol–water partition coefficient (Wildman–Crippen LogP) is 4.06. The van der Waals surface area contributed by atoms with Gasteiger partial charge in [0.05, 0.1) is 15.5 Å². The molecule has 0 saturated heterocycles. The highest BCUT2D eigenvalue weighted by Gasteiger charge is 2.40. The van der Waals surface area contributed by atoms with Crippen LogP contribution in [0, 0.1) is 0 Å². The summed E-state index contributed by atoms with van der Waals surface area (Å²) in [5, 5.41) is 4.93. The molecular formula is C14H17Cl2N3O. The molecule has 0 aliphatic heterocycles. The Hall–Kier alpha value is -1.10. The van der Waals surface area contributed by atoms with Gasteiger partial charge in [-0.25, -0.2) is 0 Å². The quantitative estimate of drug-likeness (QED) is 0.928. The Kier molecular flexibility index (Phi) is 3.84. The molecule has 0 saturated carbocycles. The van der Waals surface area contributed by atoms with Crippen LogP contribution >= 0.6 is 23.2 Å². The predicted molar refractivity (Wildman–Crippen MR) is 81.0 cm³/mol. The molecule has 0 bridgehead atoms. The van der Waals surface area contributed by atoms with Crippen molar-refractivity contribution in [3.8, 4) is 11.4 Å². The normalized spacial score (nSPS) is 12.8. The maximum atomic E-state index is 6.17. The van der Waals surface area contributed by atoms with Crippen LogP contribution in [0.15, 0.2) is 22.7 Å². The van der Waals surface area contributed by atoms with Gasteiger partial charge in [0, 0.05) is 11.1 Å². The van der Waals surface area contributed by atoms with E-state index < -0.39 is 11.0 Å². The second-order valence-corrected chi connectivity index (χ2v) is 6.71. The molecule has 1 heterocycles. The Bertz CT molecular complexity index is 630. The van der Waals surface area contributed by atoms with E-state index in [-0.39, 0.29) is 0 Å². The summed E-state index contributed by atoms with van der Waals surface area (Å²) in [5.74, 6) is 0.960. The van der Waals surface area contributed by atoms with Gasteiger partial charge >= 0.3 is 0 Å². The summed E-state index contributed by atoms with van der Waals surface area (Å²) in [6.45, 7) is 7.80. The maximum absolute atomic E-state index is 6.17. The molecule has 0 spiro atoms. The summed E-state index contributed by atoms with van der Waals surface area (Å²) in [6, 6.07) is 5.20. The first-order chi connectivity index (χ1) is 9.13. The van der Waals surface area contributed by atoms with Gasteiger partial charge in [0.1, 0.15) is 0 Å². The van der Waals surface area contributed by atoms with E-state index in [0.29, 0.717) is 21.8 Å². The van der Waals surface area contributed by atoms with Crippen molar-refractivity contribution in [2.45, 2.75) is 38.6 Å². The fourth-order valence-corrected chi connectivity index (χ4v) is 1.80. The van der Waals surface area contributed by atoms with Gasteiger partial charge in [-0.15, -0.1) is 0 Å². The van der Waals surface area contributed by atoms with Crippen molar-refractivity contribution in [1.82, 2.24) is 10.1 Å². The fraction of sp³-hybridized carbons (Fsp3) is 0.429. The highest BCUT2D eigenvalue weighted by Crippen LogP contribution is 2.33. The molecule has 2 rings (SSSR count). The first-order valence-corrected chi connectivity index (χ1v) is 6.97. The molecule has 0 fully saturated rings. The molecule has 4 nitrogen and oxygen atoms in total. The van der Waals surface area contributed by atoms with E-state index in [2.05, 4.69) is 10.1 Å². The molecule has 1 aromatic heterocycles. The van der Waals surface area contributed by atoms with Gasteiger partial charge in [0.15, 0.2) is 0 Å². The average molecular weight is 314 g/mol. The van der Waals surface area contributed by atoms with Crippen LogP contribution in [0.2, 0.25) is 10.0 Å². The summed E-state index contributed by atoms with van der Waals surface area (Å²) >= 11 is 11.9. The number of nitrogens with zero attached hydrogens (tertiary/aromatic N) is 2. The minimum absolute atomic E-state index is 0.450. The summed E-state index contributed by atoms with van der Waals surface area (Å²) in [7, 11) is 0. The van der Waals surface area contributed by atoms with E-state index >= 15 is 0 Å². The van der Waals surface area contributed by atoms with E-state index in [1.165, 1.54) is 0 Å². The monoisotopic (exact) mass is 313 g/mol. The van der Waals surface area contributed by atoms with Gasteiger partial charge in [0.2, 0.25) is 11.7 Å². The van der Waals surface area contributed by atoms with Crippen molar-refractivity contribution in [3.05, 3.63) is 34.1 Å². The Morgan fingerprint density at radius 2 is 1.75 bits per heavy atom. The van der Waals surface area contributed by atoms with E-state index in [0.717, 1.165) is 5.56 Å². The molecule has 0 unspecified atom stereocenters. The van der Waals surface area contributed by atoms with Gasteiger partial charge in [-0.2, -0.15) is 4.98 Å².